The van der Waals surface area contributed by atoms with Gasteiger partial charge in [0.2, 0.25) is 5.91 Å². The molecule has 0 aliphatic carbocycles. The molecule has 18 heavy (non-hydrogen) atoms. The van der Waals surface area contributed by atoms with Crippen LogP contribution < -0.4 is 5.32 Å². The van der Waals surface area contributed by atoms with Gasteiger partial charge < -0.3 is 14.3 Å². The van der Waals surface area contributed by atoms with Crippen LogP contribution in [-0.2, 0) is 16.8 Å². The van der Waals surface area contributed by atoms with Crippen molar-refractivity contribution < 1.29 is 13.7 Å². The number of aryl methyl sites for hydroxylation is 1. The highest BCUT2D eigenvalue weighted by Gasteiger charge is 2.29. The van der Waals surface area contributed by atoms with Crippen LogP contribution in [0, 0.1) is 6.92 Å². The fraction of sp³-hybridized carbons (Fsp3) is 0.417. The molecular weight excluding hydrogens is 234 g/mol. The van der Waals surface area contributed by atoms with Crippen LogP contribution in [0.3, 0.4) is 0 Å². The Morgan fingerprint density at radius 3 is 2.83 bits per heavy atom. The molecule has 1 N–H and O–H groups in total. The van der Waals surface area contributed by atoms with Gasteiger partial charge in [-0.2, -0.15) is 4.98 Å². The van der Waals surface area contributed by atoms with Gasteiger partial charge in [-0.05, 0) is 32.4 Å². The number of nitrogens with zero attached hydrogens (tertiary/aromatic N) is 2. The van der Waals surface area contributed by atoms with Gasteiger partial charge in [-0.1, -0.05) is 5.16 Å². The number of hydrogen-bond acceptors (Lipinski definition) is 5. The van der Waals surface area contributed by atoms with Crippen LogP contribution in [-0.4, -0.2) is 16.0 Å². The lowest BCUT2D eigenvalue weighted by Gasteiger charge is -2.21. The summed E-state index contributed by atoms with van der Waals surface area (Å²) < 4.78 is 9.98. The molecule has 0 fully saturated rings. The molecule has 0 bridgehead atoms. The zero-order valence-electron chi connectivity index (χ0n) is 10.6. The van der Waals surface area contributed by atoms with Crippen LogP contribution in [0.5, 0.6) is 0 Å². The zero-order valence-corrected chi connectivity index (χ0v) is 10.6. The molecular formula is C12H15N3O3. The Kier molecular flexibility index (Phi) is 3.18. The van der Waals surface area contributed by atoms with Crippen LogP contribution >= 0.6 is 0 Å². The van der Waals surface area contributed by atoms with Gasteiger partial charge in [-0.15, -0.1) is 0 Å². The molecule has 2 aromatic rings. The van der Waals surface area contributed by atoms with Crippen molar-refractivity contribution in [2.45, 2.75) is 32.7 Å². The number of rotatable bonds is 4. The summed E-state index contributed by atoms with van der Waals surface area (Å²) in [5.41, 5.74) is 0.132. The number of furan rings is 1. The van der Waals surface area contributed by atoms with Crippen molar-refractivity contribution in [2.24, 2.45) is 0 Å². The predicted octanol–water partition coefficient (Wildman–Crippen LogP) is 1.57. The predicted molar refractivity (Wildman–Crippen MR) is 62.6 cm³/mol. The average Bonchev–Trinajstić information content (AvgIpc) is 2.88. The molecule has 0 aliphatic rings. The van der Waals surface area contributed by atoms with Crippen molar-refractivity contribution in [1.82, 2.24) is 15.5 Å². The molecule has 2 aromatic heterocycles. The van der Waals surface area contributed by atoms with Gasteiger partial charge in [-0.3, -0.25) is 4.79 Å². The highest BCUT2D eigenvalue weighted by molar-refractivity contribution is 5.79. The third kappa shape index (κ3) is 2.77. The van der Waals surface area contributed by atoms with Crippen molar-refractivity contribution in [3.05, 3.63) is 35.9 Å². The van der Waals surface area contributed by atoms with Crippen molar-refractivity contribution in [3.8, 4) is 0 Å². The van der Waals surface area contributed by atoms with Gasteiger partial charge >= 0.3 is 0 Å². The smallest absolute Gasteiger partial charge is 0.251 e. The first-order valence-corrected chi connectivity index (χ1v) is 5.60. The van der Waals surface area contributed by atoms with Crippen molar-refractivity contribution in [1.29, 1.82) is 0 Å². The first-order valence-electron chi connectivity index (χ1n) is 5.60. The van der Waals surface area contributed by atoms with Crippen LogP contribution in [0.4, 0.5) is 0 Å². The molecule has 0 radical (unpaired) electrons. The second-order valence-corrected chi connectivity index (χ2v) is 4.63. The second-order valence-electron chi connectivity index (χ2n) is 4.63. The maximum absolute atomic E-state index is 11.9. The van der Waals surface area contributed by atoms with E-state index < -0.39 is 5.54 Å². The topological polar surface area (TPSA) is 81.2 Å². The maximum Gasteiger partial charge on any atom is 0.251 e. The molecule has 0 saturated carbocycles. The van der Waals surface area contributed by atoms with E-state index in [1.807, 2.05) is 13.8 Å². The molecule has 96 valence electrons. The van der Waals surface area contributed by atoms with Gasteiger partial charge in [-0.25, -0.2) is 0 Å². The molecule has 0 spiro atoms. The Hall–Kier alpha value is -2.11. The Balaban J connectivity index is 2.01. The number of carbonyl (C=O) groups excluding carboxylic acids is 1. The minimum absolute atomic E-state index is 0.128. The van der Waals surface area contributed by atoms with Gasteiger partial charge in [0.15, 0.2) is 5.82 Å². The molecule has 0 aliphatic heterocycles. The normalized spacial score (nSPS) is 11.5. The van der Waals surface area contributed by atoms with Crippen LogP contribution in [0.2, 0.25) is 0 Å². The van der Waals surface area contributed by atoms with E-state index >= 15 is 0 Å². The monoisotopic (exact) mass is 249 g/mol. The summed E-state index contributed by atoms with van der Waals surface area (Å²) in [5, 5.41) is 6.56. The van der Waals surface area contributed by atoms with Crippen molar-refractivity contribution in [2.75, 3.05) is 0 Å². The zero-order chi connectivity index (χ0) is 13.2. The molecule has 1 amide bonds. The van der Waals surface area contributed by atoms with E-state index in [1.54, 1.807) is 19.3 Å². The van der Waals surface area contributed by atoms with Crippen LogP contribution in [0.1, 0.15) is 31.1 Å². The fourth-order valence-corrected chi connectivity index (χ4v) is 1.58. The standard InChI is InChI=1S/C12H15N3O3/c1-8-13-11(18-15-8)12(2,3)14-10(16)6-9-4-5-17-7-9/h4-5,7H,6H2,1-3H3,(H,14,16). The number of nitrogens with one attached hydrogen (secondary N) is 1. The lowest BCUT2D eigenvalue weighted by atomic mass is 10.1. The summed E-state index contributed by atoms with van der Waals surface area (Å²) in [5.74, 6) is 0.806. The molecule has 6 heteroatoms. The summed E-state index contributed by atoms with van der Waals surface area (Å²) in [6.07, 6.45) is 3.34. The Bertz CT molecular complexity index is 529. The summed E-state index contributed by atoms with van der Waals surface area (Å²) in [6.45, 7) is 5.36. The first-order chi connectivity index (χ1) is 8.47. The molecule has 0 atom stereocenters. The average molecular weight is 249 g/mol. The van der Waals surface area contributed by atoms with E-state index in [-0.39, 0.29) is 12.3 Å². The van der Waals surface area contributed by atoms with E-state index in [4.69, 9.17) is 8.94 Å². The molecule has 0 unspecified atom stereocenters. The number of carbonyl (C=O) groups is 1. The lowest BCUT2D eigenvalue weighted by molar-refractivity contribution is -0.122. The first kappa shape index (κ1) is 12.3. The Labute approximate surface area is 104 Å². The van der Waals surface area contributed by atoms with Crippen molar-refractivity contribution in [3.63, 3.8) is 0 Å². The van der Waals surface area contributed by atoms with E-state index in [9.17, 15) is 4.79 Å². The van der Waals surface area contributed by atoms with E-state index in [1.165, 1.54) is 6.26 Å². The minimum atomic E-state index is -0.692. The summed E-state index contributed by atoms with van der Waals surface area (Å²) in [4.78, 5) is 16.0. The number of hydrogen-bond donors (Lipinski definition) is 1. The highest BCUT2D eigenvalue weighted by atomic mass is 16.5. The van der Waals surface area contributed by atoms with Gasteiger partial charge in [0.25, 0.3) is 5.89 Å². The van der Waals surface area contributed by atoms with Crippen LogP contribution in [0.15, 0.2) is 27.5 Å². The van der Waals surface area contributed by atoms with Gasteiger partial charge in [0.1, 0.15) is 5.54 Å². The summed E-state index contributed by atoms with van der Waals surface area (Å²) in [6, 6.07) is 1.75. The second kappa shape index (κ2) is 4.64. The SMILES string of the molecule is Cc1noc(C(C)(C)NC(=O)Cc2ccoc2)n1. The molecule has 2 heterocycles. The largest absolute Gasteiger partial charge is 0.472 e. The van der Waals surface area contributed by atoms with Gasteiger partial charge in [0, 0.05) is 0 Å². The fourth-order valence-electron chi connectivity index (χ4n) is 1.58. The number of amides is 1. The van der Waals surface area contributed by atoms with E-state index in [2.05, 4.69) is 15.5 Å². The van der Waals surface area contributed by atoms with Crippen LogP contribution in [0.25, 0.3) is 0 Å². The summed E-state index contributed by atoms with van der Waals surface area (Å²) in [7, 11) is 0. The third-order valence-electron chi connectivity index (χ3n) is 2.46. The molecule has 6 nitrogen and oxygen atoms in total. The quantitative estimate of drug-likeness (QED) is 0.889. The molecule has 0 saturated heterocycles. The van der Waals surface area contributed by atoms with Gasteiger partial charge in [0.05, 0.1) is 18.9 Å². The van der Waals surface area contributed by atoms with Crippen molar-refractivity contribution >= 4 is 5.91 Å². The Morgan fingerprint density at radius 2 is 2.28 bits per heavy atom. The minimum Gasteiger partial charge on any atom is -0.472 e. The van der Waals surface area contributed by atoms with E-state index in [0.717, 1.165) is 5.56 Å². The summed E-state index contributed by atoms with van der Waals surface area (Å²) >= 11 is 0. The molecule has 2 rings (SSSR count). The lowest BCUT2D eigenvalue weighted by Crippen LogP contribution is -2.42. The maximum atomic E-state index is 11.9. The van der Waals surface area contributed by atoms with E-state index in [0.29, 0.717) is 11.7 Å². The molecule has 0 aromatic carbocycles. The number of aromatic nitrogens is 2. The highest BCUT2D eigenvalue weighted by Crippen LogP contribution is 2.17. The Morgan fingerprint density at radius 1 is 1.50 bits per heavy atom. The third-order valence-corrected chi connectivity index (χ3v) is 2.46.